The number of ether oxygens (including phenoxy) is 2. The van der Waals surface area contributed by atoms with Crippen molar-refractivity contribution in [3.63, 3.8) is 0 Å². The highest BCUT2D eigenvalue weighted by Crippen LogP contribution is 2.39. The summed E-state index contributed by atoms with van der Waals surface area (Å²) in [5.74, 6) is -0.996. The van der Waals surface area contributed by atoms with Gasteiger partial charge in [-0.1, -0.05) is 39.0 Å². The van der Waals surface area contributed by atoms with Crippen molar-refractivity contribution in [3.8, 4) is 0 Å². The van der Waals surface area contributed by atoms with Crippen molar-refractivity contribution in [2.45, 2.75) is 53.4 Å². The van der Waals surface area contributed by atoms with Gasteiger partial charge in [-0.3, -0.25) is 19.9 Å². The number of fused-ring (bicyclic) bond motifs is 2. The molecule has 0 bridgehead atoms. The summed E-state index contributed by atoms with van der Waals surface area (Å²) >= 11 is 1.19. The SMILES string of the molecule is CCOC(=O)Cc1csc(NC(=O)COC(=O)c2c3c(nc4ccccc24)CCC(C(C)(C)C)C3)n1. The molecule has 0 saturated heterocycles. The largest absolute Gasteiger partial charge is 0.466 e. The Labute approximate surface area is 214 Å². The van der Waals surface area contributed by atoms with Crippen LogP contribution in [0.25, 0.3) is 10.9 Å². The quantitative estimate of drug-likeness (QED) is 0.458. The topological polar surface area (TPSA) is 107 Å². The summed E-state index contributed by atoms with van der Waals surface area (Å²) in [4.78, 5) is 46.5. The van der Waals surface area contributed by atoms with Crippen LogP contribution in [-0.2, 0) is 38.3 Å². The molecule has 2 heterocycles. The smallest absolute Gasteiger partial charge is 0.339 e. The number of amides is 1. The number of carbonyl (C=O) groups excluding carboxylic acids is 3. The number of nitrogens with zero attached hydrogens (tertiary/aromatic N) is 2. The number of aromatic nitrogens is 2. The molecule has 190 valence electrons. The summed E-state index contributed by atoms with van der Waals surface area (Å²) in [5.41, 5.74) is 3.72. The highest BCUT2D eigenvalue weighted by atomic mass is 32.1. The number of para-hydroxylation sites is 1. The van der Waals surface area contributed by atoms with Crippen LogP contribution in [0.3, 0.4) is 0 Å². The zero-order valence-corrected chi connectivity index (χ0v) is 21.9. The van der Waals surface area contributed by atoms with Gasteiger partial charge in [-0.25, -0.2) is 9.78 Å². The highest BCUT2D eigenvalue weighted by Gasteiger charge is 2.33. The molecule has 1 unspecified atom stereocenters. The maximum absolute atomic E-state index is 13.3. The van der Waals surface area contributed by atoms with Gasteiger partial charge in [0, 0.05) is 16.5 Å². The number of carbonyl (C=O) groups is 3. The Bertz CT molecular complexity index is 1290. The number of esters is 2. The van der Waals surface area contributed by atoms with Crippen molar-refractivity contribution in [1.82, 2.24) is 9.97 Å². The normalized spacial score (nSPS) is 15.3. The van der Waals surface area contributed by atoms with Gasteiger partial charge in [0.2, 0.25) is 0 Å². The van der Waals surface area contributed by atoms with Crippen LogP contribution in [0.1, 0.15) is 61.4 Å². The number of hydrogen-bond donors (Lipinski definition) is 1. The van der Waals surface area contributed by atoms with Crippen molar-refractivity contribution >= 4 is 45.2 Å². The molecule has 1 aromatic carbocycles. The predicted molar refractivity (Wildman–Crippen MR) is 138 cm³/mol. The first-order valence-corrected chi connectivity index (χ1v) is 13.0. The van der Waals surface area contributed by atoms with E-state index in [-0.39, 0.29) is 17.8 Å². The van der Waals surface area contributed by atoms with E-state index in [9.17, 15) is 14.4 Å². The van der Waals surface area contributed by atoms with E-state index in [0.29, 0.717) is 28.9 Å². The standard InChI is InChI=1S/C27H31N3O5S/c1-5-34-23(32)13-17-15-36-26(28-17)30-22(31)14-35-25(33)24-18-8-6-7-9-20(18)29-21-11-10-16(12-19(21)24)27(2,3)4/h6-9,15-16H,5,10-14H2,1-4H3,(H,28,30,31). The van der Waals surface area contributed by atoms with Gasteiger partial charge in [-0.15, -0.1) is 11.3 Å². The molecular formula is C27H31N3O5S. The fourth-order valence-electron chi connectivity index (χ4n) is 4.52. The van der Waals surface area contributed by atoms with Gasteiger partial charge >= 0.3 is 11.9 Å². The average molecular weight is 510 g/mol. The zero-order valence-electron chi connectivity index (χ0n) is 21.1. The van der Waals surface area contributed by atoms with Gasteiger partial charge in [0.15, 0.2) is 11.7 Å². The van der Waals surface area contributed by atoms with Gasteiger partial charge in [0.25, 0.3) is 5.91 Å². The number of thiazole rings is 1. The molecule has 0 aliphatic heterocycles. The Morgan fingerprint density at radius 3 is 2.67 bits per heavy atom. The number of hydrogen-bond acceptors (Lipinski definition) is 8. The van der Waals surface area contributed by atoms with Crippen LogP contribution in [0.15, 0.2) is 29.6 Å². The first-order chi connectivity index (χ1) is 17.2. The van der Waals surface area contributed by atoms with E-state index in [1.165, 1.54) is 11.3 Å². The van der Waals surface area contributed by atoms with Crippen LogP contribution in [0.2, 0.25) is 0 Å². The summed E-state index contributed by atoms with van der Waals surface area (Å²) in [6, 6.07) is 7.54. The second-order valence-electron chi connectivity index (χ2n) is 9.99. The molecule has 0 fully saturated rings. The third-order valence-corrected chi connectivity index (χ3v) is 7.26. The second-order valence-corrected chi connectivity index (χ2v) is 10.8. The van der Waals surface area contributed by atoms with Crippen LogP contribution in [0.5, 0.6) is 0 Å². The van der Waals surface area contributed by atoms with Crippen LogP contribution in [0.4, 0.5) is 5.13 Å². The molecule has 3 aromatic rings. The first kappa shape index (κ1) is 25.8. The van der Waals surface area contributed by atoms with Crippen LogP contribution in [-0.4, -0.2) is 41.0 Å². The van der Waals surface area contributed by atoms with Gasteiger partial charge in [0.1, 0.15) is 0 Å². The molecule has 4 rings (SSSR count). The molecule has 2 aromatic heterocycles. The lowest BCUT2D eigenvalue weighted by molar-refractivity contribution is -0.142. The Morgan fingerprint density at radius 1 is 1.14 bits per heavy atom. The summed E-state index contributed by atoms with van der Waals surface area (Å²) in [6.07, 6.45) is 2.60. The van der Waals surface area contributed by atoms with Crippen molar-refractivity contribution in [2.24, 2.45) is 11.3 Å². The van der Waals surface area contributed by atoms with Gasteiger partial charge < -0.3 is 9.47 Å². The zero-order chi connectivity index (χ0) is 25.9. The molecular weight excluding hydrogens is 478 g/mol. The van der Waals surface area contributed by atoms with E-state index >= 15 is 0 Å². The first-order valence-electron chi connectivity index (χ1n) is 12.1. The molecule has 0 spiro atoms. The lowest BCUT2D eigenvalue weighted by Crippen LogP contribution is -2.29. The maximum atomic E-state index is 13.3. The summed E-state index contributed by atoms with van der Waals surface area (Å²) in [6.45, 7) is 8.24. The van der Waals surface area contributed by atoms with Crippen molar-refractivity contribution in [1.29, 1.82) is 0 Å². The Balaban J connectivity index is 1.48. The van der Waals surface area contributed by atoms with Crippen LogP contribution < -0.4 is 5.32 Å². The third kappa shape index (κ3) is 5.90. The number of benzene rings is 1. The average Bonchev–Trinajstić information content (AvgIpc) is 3.26. The van der Waals surface area contributed by atoms with Crippen molar-refractivity contribution in [3.05, 3.63) is 52.2 Å². The minimum absolute atomic E-state index is 0.0327. The van der Waals surface area contributed by atoms with E-state index in [0.717, 1.165) is 41.4 Å². The lowest BCUT2D eigenvalue weighted by atomic mass is 9.70. The predicted octanol–water partition coefficient (Wildman–Crippen LogP) is 4.74. The number of rotatable bonds is 7. The van der Waals surface area contributed by atoms with Crippen molar-refractivity contribution < 1.29 is 23.9 Å². The molecule has 36 heavy (non-hydrogen) atoms. The van der Waals surface area contributed by atoms with E-state index in [2.05, 4.69) is 31.1 Å². The summed E-state index contributed by atoms with van der Waals surface area (Å²) < 4.78 is 10.4. The van der Waals surface area contributed by atoms with Gasteiger partial charge in [-0.2, -0.15) is 0 Å². The summed E-state index contributed by atoms with van der Waals surface area (Å²) in [7, 11) is 0. The van der Waals surface area contributed by atoms with E-state index in [1.807, 2.05) is 24.3 Å². The molecule has 1 aliphatic carbocycles. The molecule has 1 aliphatic rings. The number of anilines is 1. The minimum atomic E-state index is -0.531. The molecule has 1 amide bonds. The Kier molecular flexibility index (Phi) is 7.68. The number of nitrogens with one attached hydrogen (secondary N) is 1. The maximum Gasteiger partial charge on any atom is 0.339 e. The van der Waals surface area contributed by atoms with E-state index in [1.54, 1.807) is 12.3 Å². The fourth-order valence-corrected chi connectivity index (χ4v) is 5.25. The summed E-state index contributed by atoms with van der Waals surface area (Å²) in [5, 5.41) is 5.37. The van der Waals surface area contributed by atoms with Gasteiger partial charge in [0.05, 0.1) is 29.8 Å². The molecule has 0 saturated carbocycles. The van der Waals surface area contributed by atoms with Gasteiger partial charge in [-0.05, 0) is 49.1 Å². The highest BCUT2D eigenvalue weighted by molar-refractivity contribution is 7.13. The molecule has 0 radical (unpaired) electrons. The van der Waals surface area contributed by atoms with Crippen LogP contribution >= 0.6 is 11.3 Å². The second kappa shape index (κ2) is 10.7. The Hall–Kier alpha value is -3.33. The molecule has 1 atom stereocenters. The molecule has 9 heteroatoms. The monoisotopic (exact) mass is 509 g/mol. The number of aryl methyl sites for hydroxylation is 1. The van der Waals surface area contributed by atoms with E-state index < -0.39 is 18.5 Å². The van der Waals surface area contributed by atoms with Crippen LogP contribution in [0, 0.1) is 11.3 Å². The Morgan fingerprint density at radius 2 is 1.92 bits per heavy atom. The van der Waals surface area contributed by atoms with Crippen molar-refractivity contribution in [2.75, 3.05) is 18.5 Å². The minimum Gasteiger partial charge on any atom is -0.466 e. The molecule has 1 N–H and O–H groups in total. The number of pyridine rings is 1. The lowest BCUT2D eigenvalue weighted by Gasteiger charge is -2.35. The van der Waals surface area contributed by atoms with E-state index in [4.69, 9.17) is 14.5 Å². The third-order valence-electron chi connectivity index (χ3n) is 6.45. The fraction of sp³-hybridized carbons (Fsp3) is 0.444. The molecule has 8 nitrogen and oxygen atoms in total.